The molecule has 0 unspecified atom stereocenters. The van der Waals surface area contributed by atoms with Gasteiger partial charge < -0.3 is 9.26 Å². The molecule has 146 valence electrons. The summed E-state index contributed by atoms with van der Waals surface area (Å²) >= 11 is 0. The first-order valence-corrected chi connectivity index (χ1v) is 8.97. The zero-order valence-corrected chi connectivity index (χ0v) is 15.7. The van der Waals surface area contributed by atoms with Crippen LogP contribution in [0.25, 0.3) is 28.7 Å². The Morgan fingerprint density at radius 1 is 1.10 bits per heavy atom. The van der Waals surface area contributed by atoms with E-state index < -0.39 is 5.82 Å². The highest BCUT2D eigenvalue weighted by Gasteiger charge is 2.16. The van der Waals surface area contributed by atoms with Crippen molar-refractivity contribution in [2.24, 2.45) is 0 Å². The second kappa shape index (κ2) is 7.67. The van der Waals surface area contributed by atoms with Crippen molar-refractivity contribution in [3.8, 4) is 34.4 Å². The van der Waals surface area contributed by atoms with E-state index in [4.69, 9.17) is 9.26 Å². The Balaban J connectivity index is 1.66. The lowest BCUT2D eigenvalue weighted by atomic mass is 10.2. The van der Waals surface area contributed by atoms with E-state index in [-0.39, 0.29) is 23.1 Å². The first kappa shape index (κ1) is 18.5. The monoisotopic (exact) mass is 392 g/mol. The third kappa shape index (κ3) is 4.06. The summed E-state index contributed by atoms with van der Waals surface area (Å²) in [5.74, 6) is 0.626. The van der Waals surface area contributed by atoms with Gasteiger partial charge >= 0.3 is 0 Å². The van der Waals surface area contributed by atoms with Crippen LogP contribution >= 0.6 is 0 Å². The van der Waals surface area contributed by atoms with Crippen LogP contribution in [-0.4, -0.2) is 26.0 Å². The van der Waals surface area contributed by atoms with Crippen LogP contribution < -0.4 is 10.2 Å². The molecule has 29 heavy (non-hydrogen) atoms. The predicted octanol–water partition coefficient (Wildman–Crippen LogP) is 3.88. The Labute approximate surface area is 165 Å². The van der Waals surface area contributed by atoms with E-state index in [1.165, 1.54) is 29.1 Å². The SMILES string of the molecule is CC(C)Oc1ccc(-c2noc(-c3nn(-c4cccc(F)c4)ccc3=O)n2)cc1. The van der Waals surface area contributed by atoms with E-state index in [9.17, 15) is 9.18 Å². The van der Waals surface area contributed by atoms with Crippen LogP contribution in [0.15, 0.2) is 70.1 Å². The molecule has 0 atom stereocenters. The lowest BCUT2D eigenvalue weighted by molar-refractivity contribution is 0.242. The Hall–Kier alpha value is -3.81. The minimum Gasteiger partial charge on any atom is -0.491 e. The molecule has 0 bridgehead atoms. The summed E-state index contributed by atoms with van der Waals surface area (Å²) in [4.78, 5) is 16.6. The van der Waals surface area contributed by atoms with Crippen LogP contribution in [0.3, 0.4) is 0 Å². The molecular formula is C21H17FN4O3. The number of hydrogen-bond acceptors (Lipinski definition) is 6. The normalized spacial score (nSPS) is 11.0. The smallest absolute Gasteiger partial charge is 0.282 e. The lowest BCUT2D eigenvalue weighted by Crippen LogP contribution is -2.12. The van der Waals surface area contributed by atoms with Crippen molar-refractivity contribution in [3.63, 3.8) is 0 Å². The average Bonchev–Trinajstić information content (AvgIpc) is 3.18. The first-order chi connectivity index (χ1) is 14.0. The number of halogens is 1. The third-order valence-electron chi connectivity index (χ3n) is 3.99. The molecule has 0 saturated heterocycles. The van der Waals surface area contributed by atoms with Gasteiger partial charge in [-0.1, -0.05) is 11.2 Å². The Bertz CT molecular complexity index is 1200. The zero-order chi connectivity index (χ0) is 20.4. The highest BCUT2D eigenvalue weighted by Crippen LogP contribution is 2.22. The van der Waals surface area contributed by atoms with Crippen LogP contribution in [-0.2, 0) is 0 Å². The molecule has 0 saturated carbocycles. The van der Waals surface area contributed by atoms with E-state index in [1.54, 1.807) is 24.3 Å². The quantitative estimate of drug-likeness (QED) is 0.513. The van der Waals surface area contributed by atoms with Crippen molar-refractivity contribution in [2.45, 2.75) is 20.0 Å². The van der Waals surface area contributed by atoms with E-state index in [0.29, 0.717) is 17.1 Å². The largest absolute Gasteiger partial charge is 0.491 e. The number of rotatable bonds is 5. The van der Waals surface area contributed by atoms with Gasteiger partial charge in [0.25, 0.3) is 5.89 Å². The van der Waals surface area contributed by atoms with E-state index >= 15 is 0 Å². The molecule has 2 aromatic heterocycles. The molecule has 0 aliphatic carbocycles. The van der Waals surface area contributed by atoms with Crippen LogP contribution in [0.1, 0.15) is 13.8 Å². The fourth-order valence-electron chi connectivity index (χ4n) is 2.71. The van der Waals surface area contributed by atoms with Gasteiger partial charge in [0.2, 0.25) is 11.3 Å². The first-order valence-electron chi connectivity index (χ1n) is 8.97. The predicted molar refractivity (Wildman–Crippen MR) is 104 cm³/mol. The molecule has 4 aromatic rings. The van der Waals surface area contributed by atoms with Crippen molar-refractivity contribution in [1.82, 2.24) is 19.9 Å². The third-order valence-corrected chi connectivity index (χ3v) is 3.99. The highest BCUT2D eigenvalue weighted by molar-refractivity contribution is 5.58. The second-order valence-corrected chi connectivity index (χ2v) is 6.57. The molecule has 0 aliphatic heterocycles. The molecule has 4 rings (SSSR count). The molecule has 0 fully saturated rings. The molecule has 0 N–H and O–H groups in total. The Morgan fingerprint density at radius 2 is 1.90 bits per heavy atom. The molecular weight excluding hydrogens is 375 g/mol. The second-order valence-electron chi connectivity index (χ2n) is 6.57. The van der Waals surface area contributed by atoms with Gasteiger partial charge in [-0.2, -0.15) is 10.1 Å². The van der Waals surface area contributed by atoms with Gasteiger partial charge in [0.1, 0.15) is 11.6 Å². The number of aromatic nitrogens is 4. The zero-order valence-electron chi connectivity index (χ0n) is 15.7. The van der Waals surface area contributed by atoms with Crippen molar-refractivity contribution >= 4 is 0 Å². The summed E-state index contributed by atoms with van der Waals surface area (Å²) < 4.78 is 25.7. The van der Waals surface area contributed by atoms with Crippen molar-refractivity contribution in [1.29, 1.82) is 0 Å². The number of ether oxygens (including phenoxy) is 1. The number of hydrogen-bond donors (Lipinski definition) is 0. The maximum Gasteiger partial charge on any atom is 0.282 e. The van der Waals surface area contributed by atoms with Gasteiger partial charge in [-0.25, -0.2) is 9.07 Å². The standard InChI is InChI=1S/C21H17FN4O3/c1-13(2)28-17-8-6-14(7-9-17)20-23-21(29-25-20)19-18(27)10-11-26(24-19)16-5-3-4-15(22)12-16/h3-13H,1-2H3. The molecule has 2 heterocycles. The van der Waals surface area contributed by atoms with Crippen LogP contribution in [0.2, 0.25) is 0 Å². The molecule has 7 nitrogen and oxygen atoms in total. The highest BCUT2D eigenvalue weighted by atomic mass is 19.1. The summed E-state index contributed by atoms with van der Waals surface area (Å²) in [6.07, 6.45) is 1.52. The minimum absolute atomic E-state index is 0.0155. The molecule has 0 aliphatic rings. The number of benzene rings is 2. The molecule has 0 spiro atoms. The molecule has 0 radical (unpaired) electrons. The average molecular weight is 392 g/mol. The molecule has 0 amide bonds. The van der Waals surface area contributed by atoms with Gasteiger partial charge in [0.05, 0.1) is 11.8 Å². The van der Waals surface area contributed by atoms with Crippen LogP contribution in [0.5, 0.6) is 5.75 Å². The fraction of sp³-hybridized carbons (Fsp3) is 0.143. The van der Waals surface area contributed by atoms with E-state index in [0.717, 1.165) is 5.75 Å². The molecule has 8 heteroatoms. The summed E-state index contributed by atoms with van der Waals surface area (Å²) in [7, 11) is 0. The molecule has 2 aromatic carbocycles. The Morgan fingerprint density at radius 3 is 2.62 bits per heavy atom. The van der Waals surface area contributed by atoms with Crippen molar-refractivity contribution in [3.05, 3.63) is 76.8 Å². The van der Waals surface area contributed by atoms with Gasteiger partial charge in [-0.15, -0.1) is 0 Å². The Kier molecular flexibility index (Phi) is 4.90. The summed E-state index contributed by atoms with van der Waals surface area (Å²) in [6.45, 7) is 3.89. The van der Waals surface area contributed by atoms with Gasteiger partial charge in [-0.3, -0.25) is 4.79 Å². The van der Waals surface area contributed by atoms with Crippen LogP contribution in [0, 0.1) is 5.82 Å². The minimum atomic E-state index is -0.408. The fourth-order valence-corrected chi connectivity index (χ4v) is 2.71. The maximum absolute atomic E-state index is 13.5. The van der Waals surface area contributed by atoms with E-state index in [1.807, 2.05) is 26.0 Å². The van der Waals surface area contributed by atoms with E-state index in [2.05, 4.69) is 15.2 Å². The number of nitrogens with zero attached hydrogens (tertiary/aromatic N) is 4. The lowest BCUT2D eigenvalue weighted by Gasteiger charge is -2.09. The summed E-state index contributed by atoms with van der Waals surface area (Å²) in [5.41, 5.74) is 0.771. The van der Waals surface area contributed by atoms with Crippen molar-refractivity contribution in [2.75, 3.05) is 0 Å². The van der Waals surface area contributed by atoms with Gasteiger partial charge in [-0.05, 0) is 56.3 Å². The van der Waals surface area contributed by atoms with Gasteiger partial charge in [0, 0.05) is 17.8 Å². The summed E-state index contributed by atoms with van der Waals surface area (Å²) in [5, 5.41) is 8.16. The maximum atomic E-state index is 13.5. The van der Waals surface area contributed by atoms with Crippen LogP contribution in [0.4, 0.5) is 4.39 Å². The topological polar surface area (TPSA) is 83.0 Å². The summed E-state index contributed by atoms with van der Waals surface area (Å²) in [6, 6.07) is 14.4. The van der Waals surface area contributed by atoms with Crippen molar-refractivity contribution < 1.29 is 13.7 Å². The van der Waals surface area contributed by atoms with Gasteiger partial charge in [0.15, 0.2) is 5.69 Å².